The zero-order valence-electron chi connectivity index (χ0n) is 16.2. The standard InChI is InChI=1S/C16H29N7O4S/c1-28(25,26)22-7-2-3-15(11-22)23(14-4-9-27-10-5-14)8-6-17-16(24)12-21-13-18-19-20-21/h13-15H,2-12H2,1H3,(H,17,24). The number of piperidine rings is 1. The maximum Gasteiger partial charge on any atom is 0.241 e. The number of aromatic nitrogens is 4. The lowest BCUT2D eigenvalue weighted by Gasteiger charge is -2.43. The second-order valence-corrected chi connectivity index (χ2v) is 9.34. The largest absolute Gasteiger partial charge is 0.381 e. The molecule has 3 heterocycles. The van der Waals surface area contributed by atoms with Crippen LogP contribution in [0.2, 0.25) is 0 Å². The summed E-state index contributed by atoms with van der Waals surface area (Å²) >= 11 is 0. The topological polar surface area (TPSA) is 123 Å². The molecule has 0 saturated carbocycles. The highest BCUT2D eigenvalue weighted by atomic mass is 32.2. The summed E-state index contributed by atoms with van der Waals surface area (Å²) in [5.74, 6) is -0.152. The van der Waals surface area contributed by atoms with E-state index in [4.69, 9.17) is 4.74 Å². The average Bonchev–Trinajstić information content (AvgIpc) is 3.18. The molecule has 1 aromatic rings. The third-order valence-electron chi connectivity index (χ3n) is 5.35. The molecule has 3 rings (SSSR count). The van der Waals surface area contributed by atoms with Gasteiger partial charge in [-0.1, -0.05) is 0 Å². The Hall–Kier alpha value is -1.63. The van der Waals surface area contributed by atoms with Crippen LogP contribution in [0.4, 0.5) is 0 Å². The van der Waals surface area contributed by atoms with E-state index in [1.54, 1.807) is 4.31 Å². The van der Waals surface area contributed by atoms with Gasteiger partial charge in [-0.25, -0.2) is 17.4 Å². The van der Waals surface area contributed by atoms with Gasteiger partial charge in [0.15, 0.2) is 0 Å². The summed E-state index contributed by atoms with van der Waals surface area (Å²) in [5, 5.41) is 13.6. The van der Waals surface area contributed by atoms with Gasteiger partial charge < -0.3 is 10.1 Å². The van der Waals surface area contributed by atoms with Gasteiger partial charge in [0.1, 0.15) is 12.9 Å². The van der Waals surface area contributed by atoms with Crippen molar-refractivity contribution in [2.45, 2.75) is 44.3 Å². The van der Waals surface area contributed by atoms with Crippen LogP contribution in [0.3, 0.4) is 0 Å². The van der Waals surface area contributed by atoms with Gasteiger partial charge in [-0.2, -0.15) is 0 Å². The molecule has 0 spiro atoms. The number of sulfonamides is 1. The number of carbonyl (C=O) groups is 1. The maximum absolute atomic E-state index is 12.1. The van der Waals surface area contributed by atoms with Crippen LogP contribution >= 0.6 is 0 Å². The Morgan fingerprint density at radius 3 is 2.75 bits per heavy atom. The van der Waals surface area contributed by atoms with Crippen LogP contribution in [-0.4, -0.2) is 101 Å². The predicted molar refractivity (Wildman–Crippen MR) is 101 cm³/mol. The molecule has 1 aromatic heterocycles. The second-order valence-electron chi connectivity index (χ2n) is 7.36. The second kappa shape index (κ2) is 9.72. The lowest BCUT2D eigenvalue weighted by molar-refractivity contribution is -0.122. The molecule has 1 atom stereocenters. The lowest BCUT2D eigenvalue weighted by atomic mass is 9.99. The molecule has 28 heavy (non-hydrogen) atoms. The Labute approximate surface area is 165 Å². The Morgan fingerprint density at radius 1 is 1.29 bits per heavy atom. The monoisotopic (exact) mass is 415 g/mol. The minimum Gasteiger partial charge on any atom is -0.381 e. The van der Waals surface area contributed by atoms with E-state index in [1.165, 1.54) is 17.3 Å². The fourth-order valence-electron chi connectivity index (χ4n) is 3.95. The minimum absolute atomic E-state index is 0.0789. The Bertz CT molecular complexity index is 721. The van der Waals surface area contributed by atoms with Crippen LogP contribution in [0, 0.1) is 0 Å². The first kappa shape index (κ1) is 21.1. The molecule has 1 amide bonds. The Morgan fingerprint density at radius 2 is 2.07 bits per heavy atom. The first-order valence-corrected chi connectivity index (χ1v) is 11.5. The summed E-state index contributed by atoms with van der Waals surface area (Å²) in [6.07, 6.45) is 6.33. The van der Waals surface area contributed by atoms with Gasteiger partial charge in [0.05, 0.1) is 6.26 Å². The first-order chi connectivity index (χ1) is 13.4. The van der Waals surface area contributed by atoms with Crippen molar-refractivity contribution < 1.29 is 17.9 Å². The van der Waals surface area contributed by atoms with Gasteiger partial charge in [0.2, 0.25) is 15.9 Å². The number of rotatable bonds is 8. The number of carbonyl (C=O) groups excluding carboxylic acids is 1. The Kier molecular flexibility index (Phi) is 7.32. The van der Waals surface area contributed by atoms with E-state index in [1.807, 2.05) is 0 Å². The predicted octanol–water partition coefficient (Wildman–Crippen LogP) is -1.31. The third-order valence-corrected chi connectivity index (χ3v) is 6.62. The molecule has 0 radical (unpaired) electrons. The maximum atomic E-state index is 12.1. The number of nitrogens with one attached hydrogen (secondary N) is 1. The van der Waals surface area contributed by atoms with Crippen molar-refractivity contribution in [1.29, 1.82) is 0 Å². The van der Waals surface area contributed by atoms with Crippen molar-refractivity contribution in [2.24, 2.45) is 0 Å². The van der Waals surface area contributed by atoms with E-state index >= 15 is 0 Å². The van der Waals surface area contributed by atoms with Gasteiger partial charge >= 0.3 is 0 Å². The van der Waals surface area contributed by atoms with E-state index in [9.17, 15) is 13.2 Å². The molecule has 1 N–H and O–H groups in total. The van der Waals surface area contributed by atoms with Crippen LogP contribution in [-0.2, 0) is 26.1 Å². The summed E-state index contributed by atoms with van der Waals surface area (Å²) in [6, 6.07) is 0.498. The van der Waals surface area contributed by atoms with Crippen molar-refractivity contribution in [3.8, 4) is 0 Å². The van der Waals surface area contributed by atoms with Crippen LogP contribution in [0.5, 0.6) is 0 Å². The highest BCUT2D eigenvalue weighted by Crippen LogP contribution is 2.24. The molecule has 0 bridgehead atoms. The molecule has 158 valence electrons. The average molecular weight is 416 g/mol. The number of amides is 1. The van der Waals surface area contributed by atoms with Crippen LogP contribution in [0.1, 0.15) is 25.7 Å². The normalized spacial score (nSPS) is 22.4. The van der Waals surface area contributed by atoms with Crippen LogP contribution < -0.4 is 5.32 Å². The molecule has 2 aliphatic heterocycles. The zero-order valence-corrected chi connectivity index (χ0v) is 17.1. The lowest BCUT2D eigenvalue weighted by Crippen LogP contribution is -2.55. The number of tetrazole rings is 1. The molecule has 2 aliphatic rings. The number of nitrogens with zero attached hydrogens (tertiary/aromatic N) is 6. The van der Waals surface area contributed by atoms with E-state index in [0.717, 1.165) is 38.9 Å². The quantitative estimate of drug-likeness (QED) is 0.556. The van der Waals surface area contributed by atoms with Gasteiger partial charge in [0, 0.05) is 51.5 Å². The van der Waals surface area contributed by atoms with Crippen molar-refractivity contribution in [3.05, 3.63) is 6.33 Å². The highest BCUT2D eigenvalue weighted by Gasteiger charge is 2.33. The molecule has 11 nitrogen and oxygen atoms in total. The summed E-state index contributed by atoms with van der Waals surface area (Å²) in [6.45, 7) is 3.77. The molecule has 1 unspecified atom stereocenters. The van der Waals surface area contributed by atoms with E-state index < -0.39 is 10.0 Å². The summed E-state index contributed by atoms with van der Waals surface area (Å²) < 4.78 is 32.4. The van der Waals surface area contributed by atoms with Crippen LogP contribution in [0.15, 0.2) is 6.33 Å². The van der Waals surface area contributed by atoms with Crippen molar-refractivity contribution in [2.75, 3.05) is 45.6 Å². The molecule has 0 aromatic carbocycles. The summed E-state index contributed by atoms with van der Waals surface area (Å²) in [4.78, 5) is 14.4. The smallest absolute Gasteiger partial charge is 0.241 e. The summed E-state index contributed by atoms with van der Waals surface area (Å²) in [5.41, 5.74) is 0. The molecule has 0 aliphatic carbocycles. The van der Waals surface area contributed by atoms with E-state index in [2.05, 4.69) is 25.7 Å². The molecular weight excluding hydrogens is 386 g/mol. The van der Waals surface area contributed by atoms with E-state index in [0.29, 0.717) is 32.2 Å². The van der Waals surface area contributed by atoms with Gasteiger partial charge in [0.25, 0.3) is 0 Å². The SMILES string of the molecule is CS(=O)(=O)N1CCCC(N(CCNC(=O)Cn2cnnn2)C2CCOCC2)C1. The van der Waals surface area contributed by atoms with Gasteiger partial charge in [-0.15, -0.1) is 5.10 Å². The number of ether oxygens (including phenoxy) is 1. The van der Waals surface area contributed by atoms with E-state index in [-0.39, 0.29) is 18.5 Å². The molecule has 2 fully saturated rings. The van der Waals surface area contributed by atoms with Gasteiger partial charge in [-0.05, 0) is 36.1 Å². The van der Waals surface area contributed by atoms with Crippen molar-refractivity contribution in [1.82, 2.24) is 34.7 Å². The fraction of sp³-hybridized carbons (Fsp3) is 0.875. The summed E-state index contributed by atoms with van der Waals surface area (Å²) in [7, 11) is -3.20. The number of hydrogen-bond acceptors (Lipinski definition) is 8. The van der Waals surface area contributed by atoms with Crippen molar-refractivity contribution >= 4 is 15.9 Å². The molecule has 12 heteroatoms. The zero-order chi connectivity index (χ0) is 20.0. The first-order valence-electron chi connectivity index (χ1n) is 9.69. The van der Waals surface area contributed by atoms with Crippen molar-refractivity contribution in [3.63, 3.8) is 0 Å². The fourth-order valence-corrected chi connectivity index (χ4v) is 4.86. The minimum atomic E-state index is -3.20. The molecular formula is C16H29N7O4S. The Balaban J connectivity index is 1.58. The molecule has 2 saturated heterocycles. The highest BCUT2D eigenvalue weighted by molar-refractivity contribution is 7.88. The third kappa shape index (κ3) is 5.93. The number of hydrogen-bond donors (Lipinski definition) is 1. The van der Waals surface area contributed by atoms with Gasteiger partial charge in [-0.3, -0.25) is 9.69 Å². The van der Waals surface area contributed by atoms with Crippen LogP contribution in [0.25, 0.3) is 0 Å².